The first-order chi connectivity index (χ1) is 13.3. The summed E-state index contributed by atoms with van der Waals surface area (Å²) in [6, 6.07) is 8.35. The molecular weight excluding hydrogens is 342 g/mol. The maximum Gasteiger partial charge on any atom is 0.264 e. The van der Waals surface area contributed by atoms with Crippen molar-refractivity contribution < 1.29 is 4.74 Å². The summed E-state index contributed by atoms with van der Waals surface area (Å²) < 4.78 is 9.29. The summed E-state index contributed by atoms with van der Waals surface area (Å²) in [7, 11) is 1.68. The first-order valence-electron chi connectivity index (χ1n) is 9.61. The molecule has 0 bridgehead atoms. The van der Waals surface area contributed by atoms with Crippen LogP contribution in [0.3, 0.4) is 0 Å². The molecule has 140 valence electrons. The molecule has 2 aliphatic rings. The lowest BCUT2D eigenvalue weighted by Crippen LogP contribution is -2.40. The van der Waals surface area contributed by atoms with Crippen molar-refractivity contribution in [3.05, 3.63) is 46.6 Å². The highest BCUT2D eigenvalue weighted by atomic mass is 16.5. The average molecular weight is 365 g/mol. The van der Waals surface area contributed by atoms with Crippen LogP contribution in [0, 0.1) is 0 Å². The average Bonchev–Trinajstić information content (AvgIpc) is 3.37. The van der Waals surface area contributed by atoms with Crippen molar-refractivity contribution in [1.29, 1.82) is 0 Å². The lowest BCUT2D eigenvalue weighted by atomic mass is 10.2. The Morgan fingerprint density at radius 3 is 2.78 bits per heavy atom. The van der Waals surface area contributed by atoms with E-state index in [1.54, 1.807) is 17.9 Å². The smallest absolute Gasteiger partial charge is 0.264 e. The number of para-hydroxylation sites is 2. The van der Waals surface area contributed by atoms with E-state index in [0.29, 0.717) is 24.5 Å². The van der Waals surface area contributed by atoms with E-state index in [4.69, 9.17) is 9.72 Å². The van der Waals surface area contributed by atoms with Gasteiger partial charge in [0.05, 0.1) is 31.6 Å². The summed E-state index contributed by atoms with van der Waals surface area (Å²) in [5.74, 6) is 1.63. The fraction of sp³-hybridized carbons (Fsp3) is 0.450. The minimum Gasteiger partial charge on any atom is -0.495 e. The molecule has 1 aromatic carbocycles. The van der Waals surface area contributed by atoms with Crippen molar-refractivity contribution in [2.75, 3.05) is 18.6 Å². The molecule has 27 heavy (non-hydrogen) atoms. The highest BCUT2D eigenvalue weighted by Crippen LogP contribution is 2.32. The molecule has 0 unspecified atom stereocenters. The standard InChI is InChI=1S/C20H23N5O2/c1-27-17-9-5-4-8-16(17)23-10-11-24-18(13-23)22-19-15(20(24)26)12-21-25(19)14-6-2-3-7-14/h4-5,8-9,12,14H,2-3,6-7,10-11,13H2,1H3. The van der Waals surface area contributed by atoms with Crippen LogP contribution in [0.2, 0.25) is 0 Å². The largest absolute Gasteiger partial charge is 0.495 e. The van der Waals surface area contributed by atoms with Crippen molar-refractivity contribution in [3.8, 4) is 5.75 Å². The Morgan fingerprint density at radius 1 is 1.15 bits per heavy atom. The summed E-state index contributed by atoms with van der Waals surface area (Å²) in [4.78, 5) is 20.1. The van der Waals surface area contributed by atoms with Gasteiger partial charge in [-0.05, 0) is 25.0 Å². The Bertz CT molecular complexity index is 1050. The zero-order valence-corrected chi connectivity index (χ0v) is 15.5. The Morgan fingerprint density at radius 2 is 1.96 bits per heavy atom. The maximum absolute atomic E-state index is 13.0. The molecule has 1 fully saturated rings. The third kappa shape index (κ3) is 2.60. The van der Waals surface area contributed by atoms with Crippen LogP contribution in [-0.4, -0.2) is 33.0 Å². The maximum atomic E-state index is 13.0. The number of anilines is 1. The van der Waals surface area contributed by atoms with Gasteiger partial charge in [0.15, 0.2) is 5.65 Å². The molecule has 7 heteroatoms. The number of ether oxygens (including phenoxy) is 1. The van der Waals surface area contributed by atoms with Crippen molar-refractivity contribution in [3.63, 3.8) is 0 Å². The van der Waals surface area contributed by atoms with Crippen LogP contribution < -0.4 is 15.2 Å². The minimum absolute atomic E-state index is 0.0268. The predicted octanol–water partition coefficient (Wildman–Crippen LogP) is 2.74. The topological polar surface area (TPSA) is 65.2 Å². The van der Waals surface area contributed by atoms with Gasteiger partial charge >= 0.3 is 0 Å². The van der Waals surface area contributed by atoms with E-state index in [0.717, 1.165) is 42.3 Å². The fourth-order valence-corrected chi connectivity index (χ4v) is 4.40. The van der Waals surface area contributed by atoms with Crippen LogP contribution in [0.25, 0.3) is 11.0 Å². The summed E-state index contributed by atoms with van der Waals surface area (Å²) >= 11 is 0. The Labute approximate surface area is 157 Å². The summed E-state index contributed by atoms with van der Waals surface area (Å²) in [5.41, 5.74) is 1.80. The zero-order chi connectivity index (χ0) is 18.4. The van der Waals surface area contributed by atoms with E-state index >= 15 is 0 Å². The summed E-state index contributed by atoms with van der Waals surface area (Å²) in [5, 5.41) is 5.16. The van der Waals surface area contributed by atoms with Crippen molar-refractivity contribution in [2.45, 2.75) is 44.8 Å². The van der Waals surface area contributed by atoms with Crippen molar-refractivity contribution in [2.24, 2.45) is 0 Å². The molecule has 1 aliphatic carbocycles. The number of methoxy groups -OCH3 is 1. The van der Waals surface area contributed by atoms with Gasteiger partial charge in [0.1, 0.15) is 17.0 Å². The quantitative estimate of drug-likeness (QED) is 0.714. The molecule has 3 aromatic rings. The van der Waals surface area contributed by atoms with E-state index < -0.39 is 0 Å². The molecule has 0 N–H and O–H groups in total. The van der Waals surface area contributed by atoms with Gasteiger partial charge in [-0.25, -0.2) is 9.67 Å². The molecule has 0 amide bonds. The van der Waals surface area contributed by atoms with E-state index in [2.05, 4.69) is 10.00 Å². The normalized spacial score (nSPS) is 17.4. The van der Waals surface area contributed by atoms with E-state index in [1.807, 2.05) is 28.9 Å². The van der Waals surface area contributed by atoms with Crippen LogP contribution in [-0.2, 0) is 13.1 Å². The van der Waals surface area contributed by atoms with Gasteiger partial charge in [0.2, 0.25) is 0 Å². The van der Waals surface area contributed by atoms with E-state index in [1.165, 1.54) is 12.8 Å². The third-order valence-corrected chi connectivity index (χ3v) is 5.81. The summed E-state index contributed by atoms with van der Waals surface area (Å²) in [6.45, 7) is 1.95. The first kappa shape index (κ1) is 16.4. The van der Waals surface area contributed by atoms with Gasteiger partial charge in [-0.1, -0.05) is 25.0 Å². The van der Waals surface area contributed by atoms with Crippen LogP contribution in [0.15, 0.2) is 35.3 Å². The molecule has 1 aliphatic heterocycles. The van der Waals surface area contributed by atoms with Gasteiger partial charge in [-0.3, -0.25) is 9.36 Å². The van der Waals surface area contributed by atoms with Crippen molar-refractivity contribution in [1.82, 2.24) is 19.3 Å². The molecule has 0 atom stereocenters. The molecule has 3 heterocycles. The van der Waals surface area contributed by atoms with Crippen LogP contribution >= 0.6 is 0 Å². The molecule has 7 nitrogen and oxygen atoms in total. The Kier molecular flexibility index (Phi) is 3.88. The number of hydrogen-bond donors (Lipinski definition) is 0. The predicted molar refractivity (Wildman–Crippen MR) is 103 cm³/mol. The van der Waals surface area contributed by atoms with Gasteiger partial charge in [0.25, 0.3) is 5.56 Å². The van der Waals surface area contributed by atoms with Crippen LogP contribution in [0.1, 0.15) is 37.5 Å². The second-order valence-electron chi connectivity index (χ2n) is 7.34. The summed E-state index contributed by atoms with van der Waals surface area (Å²) in [6.07, 6.45) is 6.37. The number of aromatic nitrogens is 4. The Hall–Kier alpha value is -2.83. The van der Waals surface area contributed by atoms with Gasteiger partial charge in [-0.2, -0.15) is 5.10 Å². The molecule has 0 radical (unpaired) electrons. The highest BCUT2D eigenvalue weighted by molar-refractivity contribution is 5.73. The van der Waals surface area contributed by atoms with E-state index in [9.17, 15) is 4.79 Å². The number of nitrogens with zero attached hydrogens (tertiary/aromatic N) is 5. The second-order valence-corrected chi connectivity index (χ2v) is 7.34. The van der Waals surface area contributed by atoms with Crippen LogP contribution in [0.4, 0.5) is 5.69 Å². The van der Waals surface area contributed by atoms with Gasteiger partial charge in [-0.15, -0.1) is 0 Å². The lowest BCUT2D eigenvalue weighted by molar-refractivity contribution is 0.411. The number of rotatable bonds is 3. The van der Waals surface area contributed by atoms with Gasteiger partial charge < -0.3 is 9.64 Å². The first-order valence-corrected chi connectivity index (χ1v) is 9.61. The van der Waals surface area contributed by atoms with Crippen molar-refractivity contribution >= 4 is 16.7 Å². The molecule has 1 saturated carbocycles. The molecular formula is C20H23N5O2. The monoisotopic (exact) mass is 365 g/mol. The lowest BCUT2D eigenvalue weighted by Gasteiger charge is -2.31. The second kappa shape index (κ2) is 6.40. The van der Waals surface area contributed by atoms with E-state index in [-0.39, 0.29) is 5.56 Å². The minimum atomic E-state index is 0.0268. The van der Waals surface area contributed by atoms with Crippen LogP contribution in [0.5, 0.6) is 5.75 Å². The molecule has 0 saturated heterocycles. The highest BCUT2D eigenvalue weighted by Gasteiger charge is 2.26. The fourth-order valence-electron chi connectivity index (χ4n) is 4.40. The van der Waals surface area contributed by atoms with Gasteiger partial charge in [0, 0.05) is 13.1 Å². The number of fused-ring (bicyclic) bond motifs is 2. The zero-order valence-electron chi connectivity index (χ0n) is 15.5. The third-order valence-electron chi connectivity index (χ3n) is 5.81. The molecule has 2 aromatic heterocycles. The number of hydrogen-bond acceptors (Lipinski definition) is 5. The SMILES string of the molecule is COc1ccccc1N1CCn2c(nc3c(cnn3C3CCCC3)c2=O)C1. The number of benzene rings is 1. The molecule has 5 rings (SSSR count). The Balaban J connectivity index is 1.57. The molecule has 0 spiro atoms.